The number of nitrogens with zero attached hydrogens (tertiary/aromatic N) is 1. The number of carboxylic acid groups (broad SMARTS) is 1. The van der Waals surface area contributed by atoms with Crippen LogP contribution in [-0.2, 0) is 0 Å². The first-order valence-corrected chi connectivity index (χ1v) is 8.89. The van der Waals surface area contributed by atoms with E-state index in [1.165, 1.54) is 12.1 Å². The minimum atomic E-state index is -1.34. The minimum absolute atomic E-state index is 0.0959. The van der Waals surface area contributed by atoms with Gasteiger partial charge >= 0.3 is 0 Å². The maximum Gasteiger partial charge on any atom is 0.161 e. The summed E-state index contributed by atoms with van der Waals surface area (Å²) < 4.78 is 11.1. The molecule has 0 heterocycles. The van der Waals surface area contributed by atoms with Crippen LogP contribution in [0.2, 0.25) is 5.02 Å². The third-order valence-corrected chi connectivity index (χ3v) is 4.06. The molecular formula is C20H22ClN2O4-. The lowest BCUT2D eigenvalue weighted by Gasteiger charge is -2.12. The summed E-state index contributed by atoms with van der Waals surface area (Å²) in [6.45, 7) is 4.91. The standard InChI is InChI=1S/C20H23ClN2O4/c1-13(2)8-9-27-18-7-4-14(10-19(18)26-3)12-22-23-15-5-6-17(21)16(11-15)20(24)25/h4-7,10-13,23H,8-9H2,1-3H3,(H,24,25)/p-1/b22-12-. The Morgan fingerprint density at radius 3 is 2.70 bits per heavy atom. The van der Waals surface area contributed by atoms with Crippen LogP contribution in [0.5, 0.6) is 11.5 Å². The molecule has 0 aliphatic rings. The first-order valence-electron chi connectivity index (χ1n) is 8.51. The van der Waals surface area contributed by atoms with Gasteiger partial charge in [0.15, 0.2) is 11.5 Å². The molecule has 27 heavy (non-hydrogen) atoms. The summed E-state index contributed by atoms with van der Waals surface area (Å²) >= 11 is 5.81. The number of carboxylic acids is 1. The average molecular weight is 390 g/mol. The Bertz CT molecular complexity index is 822. The molecule has 0 aliphatic heterocycles. The first kappa shape index (κ1) is 20.6. The van der Waals surface area contributed by atoms with Crippen LogP contribution in [-0.4, -0.2) is 25.9 Å². The van der Waals surface area contributed by atoms with E-state index < -0.39 is 5.97 Å². The van der Waals surface area contributed by atoms with Crippen LogP contribution in [0.25, 0.3) is 0 Å². The van der Waals surface area contributed by atoms with Gasteiger partial charge in [-0.3, -0.25) is 5.43 Å². The number of rotatable bonds is 9. The van der Waals surface area contributed by atoms with E-state index in [9.17, 15) is 9.90 Å². The van der Waals surface area contributed by atoms with Crippen LogP contribution in [0.4, 0.5) is 5.69 Å². The largest absolute Gasteiger partial charge is 0.545 e. The van der Waals surface area contributed by atoms with Crippen molar-refractivity contribution < 1.29 is 19.4 Å². The molecule has 0 saturated heterocycles. The number of methoxy groups -OCH3 is 1. The Hall–Kier alpha value is -2.73. The van der Waals surface area contributed by atoms with Gasteiger partial charge in [-0.1, -0.05) is 25.4 Å². The van der Waals surface area contributed by atoms with E-state index in [1.807, 2.05) is 18.2 Å². The first-order chi connectivity index (χ1) is 12.9. The van der Waals surface area contributed by atoms with Crippen molar-refractivity contribution in [3.8, 4) is 11.5 Å². The van der Waals surface area contributed by atoms with Crippen LogP contribution in [0, 0.1) is 5.92 Å². The lowest BCUT2D eigenvalue weighted by molar-refractivity contribution is -0.255. The van der Waals surface area contributed by atoms with Crippen molar-refractivity contribution in [2.45, 2.75) is 20.3 Å². The molecule has 0 bridgehead atoms. The van der Waals surface area contributed by atoms with Crippen molar-refractivity contribution in [2.75, 3.05) is 19.1 Å². The third kappa shape index (κ3) is 6.18. The molecule has 6 nitrogen and oxygen atoms in total. The topological polar surface area (TPSA) is 83.0 Å². The number of anilines is 1. The molecule has 2 aromatic carbocycles. The molecule has 0 aliphatic carbocycles. The quantitative estimate of drug-likeness (QED) is 0.523. The van der Waals surface area contributed by atoms with Crippen molar-refractivity contribution >= 4 is 29.5 Å². The second-order valence-corrected chi connectivity index (χ2v) is 6.70. The third-order valence-electron chi connectivity index (χ3n) is 3.73. The Morgan fingerprint density at radius 2 is 2.04 bits per heavy atom. The van der Waals surface area contributed by atoms with Gasteiger partial charge in [0.25, 0.3) is 0 Å². The summed E-state index contributed by atoms with van der Waals surface area (Å²) in [5, 5.41) is 15.2. The minimum Gasteiger partial charge on any atom is -0.545 e. The zero-order valence-electron chi connectivity index (χ0n) is 15.5. The number of hydrazone groups is 1. The second kappa shape index (κ2) is 9.83. The van der Waals surface area contributed by atoms with Crippen LogP contribution >= 0.6 is 11.6 Å². The molecule has 144 valence electrons. The van der Waals surface area contributed by atoms with Crippen LogP contribution in [0.15, 0.2) is 41.5 Å². The summed E-state index contributed by atoms with van der Waals surface area (Å²) in [5.74, 6) is 0.525. The molecule has 0 atom stereocenters. The Balaban J connectivity index is 2.04. The van der Waals surface area contributed by atoms with E-state index in [-0.39, 0.29) is 10.6 Å². The number of hydrogen-bond donors (Lipinski definition) is 1. The molecule has 7 heteroatoms. The van der Waals surface area contributed by atoms with Crippen molar-refractivity contribution in [3.63, 3.8) is 0 Å². The molecule has 0 radical (unpaired) electrons. The molecule has 0 unspecified atom stereocenters. The molecule has 1 N–H and O–H groups in total. The van der Waals surface area contributed by atoms with Crippen molar-refractivity contribution in [1.29, 1.82) is 0 Å². The molecule has 2 aromatic rings. The fourth-order valence-electron chi connectivity index (χ4n) is 2.22. The summed E-state index contributed by atoms with van der Waals surface area (Å²) in [4.78, 5) is 11.0. The number of aromatic carboxylic acids is 1. The van der Waals surface area contributed by atoms with Gasteiger partial charge in [0.05, 0.1) is 31.6 Å². The highest BCUT2D eigenvalue weighted by Gasteiger charge is 2.06. The average Bonchev–Trinajstić information content (AvgIpc) is 2.63. The number of halogens is 1. The summed E-state index contributed by atoms with van der Waals surface area (Å²) in [5.41, 5.74) is 3.94. The number of carbonyl (C=O) groups excluding carboxylic acids is 1. The Kier molecular flexibility index (Phi) is 7.49. The number of carbonyl (C=O) groups is 1. The van der Waals surface area contributed by atoms with Crippen LogP contribution in [0.1, 0.15) is 36.2 Å². The number of hydrogen-bond acceptors (Lipinski definition) is 6. The van der Waals surface area contributed by atoms with E-state index >= 15 is 0 Å². The smallest absolute Gasteiger partial charge is 0.161 e. The second-order valence-electron chi connectivity index (χ2n) is 6.29. The number of ether oxygens (including phenoxy) is 2. The fraction of sp³-hybridized carbons (Fsp3) is 0.300. The maximum atomic E-state index is 11.0. The Labute approximate surface area is 163 Å². The molecule has 0 saturated carbocycles. The van der Waals surface area contributed by atoms with E-state index in [4.69, 9.17) is 21.1 Å². The fourth-order valence-corrected chi connectivity index (χ4v) is 2.42. The van der Waals surface area contributed by atoms with Gasteiger partial charge in [0.1, 0.15) is 0 Å². The highest BCUT2D eigenvalue weighted by molar-refractivity contribution is 6.33. The summed E-state index contributed by atoms with van der Waals surface area (Å²) in [6.07, 6.45) is 2.55. The van der Waals surface area contributed by atoms with Crippen molar-refractivity contribution in [3.05, 3.63) is 52.5 Å². The lowest BCUT2D eigenvalue weighted by Crippen LogP contribution is -2.22. The zero-order valence-corrected chi connectivity index (χ0v) is 16.2. The monoisotopic (exact) mass is 389 g/mol. The SMILES string of the molecule is COc1cc(/C=N\Nc2ccc(Cl)c(C(=O)[O-])c2)ccc1OCCC(C)C. The van der Waals surface area contributed by atoms with Crippen LogP contribution in [0.3, 0.4) is 0 Å². The van der Waals surface area contributed by atoms with E-state index in [0.717, 1.165) is 12.0 Å². The summed E-state index contributed by atoms with van der Waals surface area (Å²) in [7, 11) is 1.58. The van der Waals surface area contributed by atoms with Gasteiger partial charge in [-0.05, 0) is 54.3 Å². The number of benzene rings is 2. The van der Waals surface area contributed by atoms with Gasteiger partial charge in [0, 0.05) is 10.6 Å². The Morgan fingerprint density at radius 1 is 1.26 bits per heavy atom. The van der Waals surface area contributed by atoms with Crippen molar-refractivity contribution in [1.82, 2.24) is 0 Å². The van der Waals surface area contributed by atoms with Gasteiger partial charge in [-0.2, -0.15) is 5.10 Å². The van der Waals surface area contributed by atoms with Gasteiger partial charge in [-0.15, -0.1) is 0 Å². The predicted octanol–water partition coefficient (Wildman–Crippen LogP) is 3.58. The number of nitrogens with one attached hydrogen (secondary N) is 1. The normalized spacial score (nSPS) is 11.0. The van der Waals surface area contributed by atoms with Gasteiger partial charge in [-0.25, -0.2) is 0 Å². The lowest BCUT2D eigenvalue weighted by atomic mass is 10.1. The molecule has 0 spiro atoms. The predicted molar refractivity (Wildman–Crippen MR) is 105 cm³/mol. The highest BCUT2D eigenvalue weighted by Crippen LogP contribution is 2.28. The van der Waals surface area contributed by atoms with E-state index in [1.54, 1.807) is 19.4 Å². The zero-order chi connectivity index (χ0) is 19.8. The summed E-state index contributed by atoms with van der Waals surface area (Å²) in [6, 6.07) is 9.95. The molecule has 0 fully saturated rings. The van der Waals surface area contributed by atoms with E-state index in [2.05, 4.69) is 24.4 Å². The van der Waals surface area contributed by atoms with E-state index in [0.29, 0.717) is 29.7 Å². The van der Waals surface area contributed by atoms with Crippen LogP contribution < -0.4 is 20.0 Å². The molecule has 2 rings (SSSR count). The molecule has 0 aromatic heterocycles. The molecular weight excluding hydrogens is 368 g/mol. The van der Waals surface area contributed by atoms with Gasteiger partial charge < -0.3 is 19.4 Å². The van der Waals surface area contributed by atoms with Crippen molar-refractivity contribution in [2.24, 2.45) is 11.0 Å². The maximum absolute atomic E-state index is 11.0. The highest BCUT2D eigenvalue weighted by atomic mass is 35.5. The van der Waals surface area contributed by atoms with Gasteiger partial charge in [0.2, 0.25) is 0 Å². The molecule has 0 amide bonds.